The molecule has 1 unspecified atom stereocenters. The van der Waals surface area contributed by atoms with Crippen molar-refractivity contribution in [1.82, 2.24) is 20.2 Å². The van der Waals surface area contributed by atoms with Gasteiger partial charge >= 0.3 is 0 Å². The van der Waals surface area contributed by atoms with Crippen molar-refractivity contribution in [3.8, 4) is 5.69 Å². The second-order valence-electron chi connectivity index (χ2n) is 4.89. The van der Waals surface area contributed by atoms with Gasteiger partial charge in [-0.3, -0.25) is 0 Å². The van der Waals surface area contributed by atoms with E-state index in [1.165, 1.54) is 5.56 Å². The maximum Gasteiger partial charge on any atom is 0.214 e. The highest BCUT2D eigenvalue weighted by Gasteiger charge is 2.17. The van der Waals surface area contributed by atoms with Gasteiger partial charge < -0.3 is 0 Å². The van der Waals surface area contributed by atoms with Crippen LogP contribution in [0.15, 0.2) is 72.4 Å². The van der Waals surface area contributed by atoms with Crippen molar-refractivity contribution in [2.45, 2.75) is 16.8 Å². The molecule has 0 bridgehead atoms. The lowest BCUT2D eigenvalue weighted by molar-refractivity contribution is 0.754. The zero-order valence-corrected chi connectivity index (χ0v) is 13.9. The fraction of sp³-hybridized carbons (Fsp3) is 0.118. The fourth-order valence-corrected chi connectivity index (χ4v) is 3.43. The molecule has 116 valence electrons. The summed E-state index contributed by atoms with van der Waals surface area (Å²) in [5, 5.41) is 13.7. The molecule has 0 aliphatic heterocycles. The summed E-state index contributed by atoms with van der Waals surface area (Å²) < 4.78 is 1.72. The molecule has 0 N–H and O–H groups in total. The Bertz CT molecular complexity index is 771. The minimum atomic E-state index is 0.214. The van der Waals surface area contributed by atoms with E-state index in [4.69, 9.17) is 11.6 Å². The first-order valence-corrected chi connectivity index (χ1v) is 8.40. The predicted octanol–water partition coefficient (Wildman–Crippen LogP) is 4.73. The lowest BCUT2D eigenvalue weighted by Crippen LogP contribution is -2.01. The van der Waals surface area contributed by atoms with E-state index >= 15 is 0 Å². The molecule has 0 aliphatic carbocycles. The number of halogens is 1. The van der Waals surface area contributed by atoms with Crippen LogP contribution in [0.1, 0.15) is 17.2 Å². The molecule has 0 aliphatic rings. The van der Waals surface area contributed by atoms with Gasteiger partial charge in [0.1, 0.15) is 0 Å². The Balaban J connectivity index is 1.88. The minimum Gasteiger partial charge on any atom is -0.187 e. The molecule has 0 saturated heterocycles. The van der Waals surface area contributed by atoms with Crippen LogP contribution in [0.2, 0.25) is 5.02 Å². The van der Waals surface area contributed by atoms with E-state index in [1.807, 2.05) is 48.5 Å². The molecule has 4 nitrogen and oxygen atoms in total. The zero-order valence-electron chi connectivity index (χ0n) is 12.3. The Morgan fingerprint density at radius 2 is 1.87 bits per heavy atom. The molecule has 23 heavy (non-hydrogen) atoms. The summed E-state index contributed by atoms with van der Waals surface area (Å²) in [5.74, 6) is 0. The average molecular weight is 343 g/mol. The van der Waals surface area contributed by atoms with Crippen LogP contribution in [0.5, 0.6) is 0 Å². The van der Waals surface area contributed by atoms with Gasteiger partial charge in [0.15, 0.2) is 0 Å². The average Bonchev–Trinajstić information content (AvgIpc) is 3.04. The van der Waals surface area contributed by atoms with Gasteiger partial charge in [-0.2, -0.15) is 4.68 Å². The Hall–Kier alpha value is -2.11. The maximum absolute atomic E-state index is 5.94. The predicted molar refractivity (Wildman–Crippen MR) is 94.0 cm³/mol. The highest BCUT2D eigenvalue weighted by Crippen LogP contribution is 2.37. The van der Waals surface area contributed by atoms with Gasteiger partial charge in [-0.05, 0) is 46.7 Å². The third kappa shape index (κ3) is 3.81. The van der Waals surface area contributed by atoms with Crippen molar-refractivity contribution in [1.29, 1.82) is 0 Å². The molecule has 0 spiro atoms. The largest absolute Gasteiger partial charge is 0.214 e. The molecule has 0 amide bonds. The van der Waals surface area contributed by atoms with Crippen molar-refractivity contribution in [2.24, 2.45) is 0 Å². The Kier molecular flexibility index (Phi) is 5.10. The topological polar surface area (TPSA) is 43.6 Å². The molecule has 6 heteroatoms. The highest BCUT2D eigenvalue weighted by molar-refractivity contribution is 7.99. The number of hydrogen-bond acceptors (Lipinski definition) is 4. The summed E-state index contributed by atoms with van der Waals surface area (Å²) >= 11 is 7.56. The lowest BCUT2D eigenvalue weighted by Gasteiger charge is -2.14. The smallest absolute Gasteiger partial charge is 0.187 e. The summed E-state index contributed by atoms with van der Waals surface area (Å²) in [6, 6.07) is 17.7. The molecule has 1 atom stereocenters. The van der Waals surface area contributed by atoms with Gasteiger partial charge in [0.2, 0.25) is 5.16 Å². The summed E-state index contributed by atoms with van der Waals surface area (Å²) in [5.41, 5.74) is 2.11. The van der Waals surface area contributed by atoms with E-state index in [-0.39, 0.29) is 5.25 Å². The molecule has 3 rings (SSSR count). The van der Waals surface area contributed by atoms with Gasteiger partial charge in [0, 0.05) is 10.3 Å². The van der Waals surface area contributed by atoms with E-state index in [0.717, 1.165) is 17.3 Å². The van der Waals surface area contributed by atoms with Crippen LogP contribution in [0.3, 0.4) is 0 Å². The summed E-state index contributed by atoms with van der Waals surface area (Å²) in [4.78, 5) is 0. The maximum atomic E-state index is 5.94. The van der Waals surface area contributed by atoms with E-state index in [0.29, 0.717) is 5.02 Å². The summed E-state index contributed by atoms with van der Waals surface area (Å²) in [7, 11) is 0. The minimum absolute atomic E-state index is 0.214. The second-order valence-corrected chi connectivity index (χ2v) is 6.50. The molecule has 1 aromatic heterocycles. The van der Waals surface area contributed by atoms with Crippen LogP contribution in [0.4, 0.5) is 0 Å². The molecule has 0 fully saturated rings. The van der Waals surface area contributed by atoms with Gasteiger partial charge in [0.05, 0.1) is 5.69 Å². The van der Waals surface area contributed by atoms with Gasteiger partial charge in [-0.1, -0.05) is 59.8 Å². The second kappa shape index (κ2) is 7.44. The third-order valence-electron chi connectivity index (χ3n) is 3.31. The van der Waals surface area contributed by atoms with Crippen molar-refractivity contribution < 1.29 is 0 Å². The molecular weight excluding hydrogens is 328 g/mol. The third-order valence-corrected chi connectivity index (χ3v) is 4.78. The molecule has 0 saturated carbocycles. The lowest BCUT2D eigenvalue weighted by atomic mass is 10.1. The van der Waals surface area contributed by atoms with E-state index < -0.39 is 0 Å². The van der Waals surface area contributed by atoms with Crippen LogP contribution >= 0.6 is 23.4 Å². The number of thioether (sulfide) groups is 1. The number of benzene rings is 2. The van der Waals surface area contributed by atoms with Crippen LogP contribution in [0.25, 0.3) is 5.69 Å². The summed E-state index contributed by atoms with van der Waals surface area (Å²) in [6.45, 7) is 3.86. The van der Waals surface area contributed by atoms with Crippen LogP contribution < -0.4 is 0 Å². The van der Waals surface area contributed by atoms with Gasteiger partial charge in [-0.15, -0.1) is 11.7 Å². The van der Waals surface area contributed by atoms with E-state index in [1.54, 1.807) is 16.4 Å². The fourth-order valence-electron chi connectivity index (χ4n) is 2.20. The standard InChI is InChI=1S/C17H15ClN4S/c1-2-6-16(13-7-4-3-5-8-13)23-17-19-20-21-22(17)15-11-9-14(18)10-12-15/h2-5,7-12,16H,1,6H2. The van der Waals surface area contributed by atoms with Crippen molar-refractivity contribution in [2.75, 3.05) is 0 Å². The van der Waals surface area contributed by atoms with Crippen molar-refractivity contribution in [3.63, 3.8) is 0 Å². The molecule has 2 aromatic carbocycles. The molecular formula is C17H15ClN4S. The number of nitrogens with zero attached hydrogens (tertiary/aromatic N) is 4. The quantitative estimate of drug-likeness (QED) is 0.480. The normalized spacial score (nSPS) is 12.0. The summed E-state index contributed by atoms with van der Waals surface area (Å²) in [6.07, 6.45) is 2.75. The molecule has 1 heterocycles. The highest BCUT2D eigenvalue weighted by atomic mass is 35.5. The number of rotatable bonds is 6. The Morgan fingerprint density at radius 3 is 2.57 bits per heavy atom. The molecule has 3 aromatic rings. The SMILES string of the molecule is C=CCC(Sc1nnnn1-c1ccc(Cl)cc1)c1ccccc1. The Labute approximate surface area is 144 Å². The van der Waals surface area contributed by atoms with Crippen LogP contribution in [-0.4, -0.2) is 20.2 Å². The van der Waals surface area contributed by atoms with Gasteiger partial charge in [-0.25, -0.2) is 0 Å². The van der Waals surface area contributed by atoms with Crippen molar-refractivity contribution >= 4 is 23.4 Å². The monoisotopic (exact) mass is 342 g/mol. The number of tetrazole rings is 1. The van der Waals surface area contributed by atoms with Gasteiger partial charge in [0.25, 0.3) is 0 Å². The van der Waals surface area contributed by atoms with Crippen LogP contribution in [0, 0.1) is 0 Å². The number of allylic oxidation sites excluding steroid dienone is 1. The van der Waals surface area contributed by atoms with Crippen molar-refractivity contribution in [3.05, 3.63) is 77.8 Å². The Morgan fingerprint density at radius 1 is 1.13 bits per heavy atom. The number of hydrogen-bond donors (Lipinski definition) is 0. The first-order valence-electron chi connectivity index (χ1n) is 7.15. The van der Waals surface area contributed by atoms with E-state index in [2.05, 4.69) is 34.2 Å². The molecule has 0 radical (unpaired) electrons. The van der Waals surface area contributed by atoms with E-state index in [9.17, 15) is 0 Å². The number of aromatic nitrogens is 4. The first-order chi connectivity index (χ1) is 11.3. The zero-order chi connectivity index (χ0) is 16.1. The first kappa shape index (κ1) is 15.8. The van der Waals surface area contributed by atoms with Crippen LogP contribution in [-0.2, 0) is 0 Å².